The zero-order valence-electron chi connectivity index (χ0n) is 17.4. The van der Waals surface area contributed by atoms with Gasteiger partial charge >= 0.3 is 0 Å². The monoisotopic (exact) mass is 450 g/mol. The molecule has 1 unspecified atom stereocenters. The van der Waals surface area contributed by atoms with Gasteiger partial charge in [0.05, 0.1) is 26.2 Å². The lowest BCUT2D eigenvalue weighted by molar-refractivity contribution is -0.117. The highest BCUT2D eigenvalue weighted by Gasteiger charge is 2.27. The molecule has 3 rings (SSSR count). The molecule has 1 amide bonds. The number of carbonyl (C=O) groups excluding carboxylic acids is 1. The van der Waals surface area contributed by atoms with E-state index >= 15 is 0 Å². The molecule has 162 valence electrons. The lowest BCUT2D eigenvalue weighted by Gasteiger charge is -2.33. The largest absolute Gasteiger partial charge is 0.379 e. The van der Waals surface area contributed by atoms with Crippen molar-refractivity contribution in [3.05, 3.63) is 63.1 Å². The molecule has 0 spiro atoms. The number of hydrogen-bond donors (Lipinski definition) is 1. The third-order valence-electron chi connectivity index (χ3n) is 5.11. The first-order valence-corrected chi connectivity index (χ1v) is 10.9. The highest BCUT2D eigenvalue weighted by atomic mass is 35.5. The molecule has 30 heavy (non-hydrogen) atoms. The summed E-state index contributed by atoms with van der Waals surface area (Å²) in [6.45, 7) is 5.67. The molecule has 0 saturated carbocycles. The van der Waals surface area contributed by atoms with Crippen LogP contribution in [0.4, 0.5) is 5.69 Å². The fraction of sp³-hybridized carbons (Fsp3) is 0.435. The second-order valence-electron chi connectivity index (χ2n) is 7.44. The Morgan fingerprint density at radius 1 is 1.17 bits per heavy atom. The summed E-state index contributed by atoms with van der Waals surface area (Å²) >= 11 is 12.8. The zero-order chi connectivity index (χ0) is 21.5. The van der Waals surface area contributed by atoms with Gasteiger partial charge < -0.3 is 19.7 Å². The Morgan fingerprint density at radius 2 is 1.97 bits per heavy atom. The van der Waals surface area contributed by atoms with Gasteiger partial charge in [0, 0.05) is 41.3 Å². The minimum absolute atomic E-state index is 0.0733. The first-order valence-electron chi connectivity index (χ1n) is 10.2. The van der Waals surface area contributed by atoms with Crippen LogP contribution in [0.3, 0.4) is 0 Å². The van der Waals surface area contributed by atoms with Crippen LogP contribution in [0.15, 0.2) is 36.4 Å². The molecule has 1 aliphatic rings. The summed E-state index contributed by atoms with van der Waals surface area (Å²) in [6, 6.07) is 11.8. The summed E-state index contributed by atoms with van der Waals surface area (Å²) in [5, 5.41) is 4.30. The van der Waals surface area contributed by atoms with Crippen molar-refractivity contribution in [3.8, 4) is 0 Å². The smallest absolute Gasteiger partial charge is 0.226 e. The highest BCUT2D eigenvalue weighted by Crippen LogP contribution is 2.38. The number of halogens is 2. The minimum atomic E-state index is -0.0733. The lowest BCUT2D eigenvalue weighted by atomic mass is 9.84. The second-order valence-corrected chi connectivity index (χ2v) is 8.28. The van der Waals surface area contributed by atoms with Crippen molar-refractivity contribution in [3.63, 3.8) is 0 Å². The maximum Gasteiger partial charge on any atom is 0.226 e. The molecule has 2 aromatic carbocycles. The number of anilines is 1. The number of amides is 1. The SMILES string of the molecule is CCOCCOCCC(=O)Nc1cccc(C2CN(C)Cc3c(Cl)cc(Cl)cc32)c1. The first kappa shape index (κ1) is 23.0. The van der Waals surface area contributed by atoms with Gasteiger partial charge in [-0.05, 0) is 54.9 Å². The number of nitrogens with zero attached hydrogens (tertiary/aromatic N) is 1. The van der Waals surface area contributed by atoms with Crippen molar-refractivity contribution in [2.45, 2.75) is 25.8 Å². The van der Waals surface area contributed by atoms with Gasteiger partial charge in [0.15, 0.2) is 0 Å². The van der Waals surface area contributed by atoms with Crippen LogP contribution >= 0.6 is 23.2 Å². The molecular weight excluding hydrogens is 423 g/mol. The normalized spacial score (nSPS) is 16.3. The van der Waals surface area contributed by atoms with Gasteiger partial charge in [-0.15, -0.1) is 0 Å². The first-order chi connectivity index (χ1) is 14.5. The van der Waals surface area contributed by atoms with E-state index in [-0.39, 0.29) is 11.8 Å². The Kier molecular flexibility index (Phi) is 8.54. The Bertz CT molecular complexity index is 876. The van der Waals surface area contributed by atoms with Crippen molar-refractivity contribution in [1.82, 2.24) is 4.90 Å². The molecule has 1 atom stereocenters. The summed E-state index contributed by atoms with van der Waals surface area (Å²) < 4.78 is 10.6. The van der Waals surface area contributed by atoms with Crippen LogP contribution in [0.25, 0.3) is 0 Å². The van der Waals surface area contributed by atoms with E-state index in [0.717, 1.165) is 35.5 Å². The molecule has 5 nitrogen and oxygen atoms in total. The number of benzene rings is 2. The van der Waals surface area contributed by atoms with E-state index in [4.69, 9.17) is 32.7 Å². The summed E-state index contributed by atoms with van der Waals surface area (Å²) in [4.78, 5) is 14.5. The number of carbonyl (C=O) groups is 1. The topological polar surface area (TPSA) is 50.8 Å². The van der Waals surface area contributed by atoms with Crippen LogP contribution < -0.4 is 5.32 Å². The van der Waals surface area contributed by atoms with E-state index in [1.54, 1.807) is 6.07 Å². The van der Waals surface area contributed by atoms with E-state index in [1.165, 1.54) is 0 Å². The Morgan fingerprint density at radius 3 is 2.77 bits per heavy atom. The Labute approximate surface area is 188 Å². The summed E-state index contributed by atoms with van der Waals surface area (Å²) in [5.41, 5.74) is 4.15. The van der Waals surface area contributed by atoms with Crippen LogP contribution in [0.1, 0.15) is 36.0 Å². The molecule has 0 fully saturated rings. The van der Waals surface area contributed by atoms with Gasteiger partial charge in [0.1, 0.15) is 0 Å². The zero-order valence-corrected chi connectivity index (χ0v) is 18.9. The van der Waals surface area contributed by atoms with Crippen LogP contribution in [0.2, 0.25) is 10.0 Å². The molecule has 0 radical (unpaired) electrons. The van der Waals surface area contributed by atoms with Gasteiger partial charge in [-0.2, -0.15) is 0 Å². The average Bonchev–Trinajstić information content (AvgIpc) is 2.71. The number of likely N-dealkylation sites (N-methyl/N-ethyl adjacent to an activating group) is 1. The molecule has 0 aromatic heterocycles. The number of rotatable bonds is 9. The quantitative estimate of drug-likeness (QED) is 0.548. The standard InChI is InChI=1S/C23H28Cl2N2O3/c1-3-29-9-10-30-8-7-23(28)26-18-6-4-5-16(11-18)20-14-27(2)15-21-19(20)12-17(24)13-22(21)25/h4-6,11-13,20H,3,7-10,14-15H2,1-2H3,(H,26,28). The highest BCUT2D eigenvalue weighted by molar-refractivity contribution is 6.35. The lowest BCUT2D eigenvalue weighted by Crippen LogP contribution is -2.31. The van der Waals surface area contributed by atoms with Gasteiger partial charge in [0.25, 0.3) is 0 Å². The van der Waals surface area contributed by atoms with E-state index in [1.807, 2.05) is 31.2 Å². The van der Waals surface area contributed by atoms with Gasteiger partial charge in [-0.25, -0.2) is 0 Å². The molecule has 1 N–H and O–H groups in total. The number of fused-ring (bicyclic) bond motifs is 1. The molecule has 2 aromatic rings. The van der Waals surface area contributed by atoms with Crippen LogP contribution in [-0.2, 0) is 20.8 Å². The third-order valence-corrected chi connectivity index (χ3v) is 5.67. The number of ether oxygens (including phenoxy) is 2. The predicted octanol–water partition coefficient (Wildman–Crippen LogP) is 4.95. The third kappa shape index (κ3) is 6.19. The van der Waals surface area contributed by atoms with Gasteiger partial charge in [-0.1, -0.05) is 35.3 Å². The van der Waals surface area contributed by atoms with E-state index in [0.29, 0.717) is 42.9 Å². The molecule has 0 saturated heterocycles. The van der Waals surface area contributed by atoms with Crippen LogP contribution in [0, 0.1) is 0 Å². The van der Waals surface area contributed by atoms with Crippen molar-refractivity contribution in [2.75, 3.05) is 45.3 Å². The Balaban J connectivity index is 1.67. The summed E-state index contributed by atoms with van der Waals surface area (Å²) in [5.74, 6) is 0.0597. The van der Waals surface area contributed by atoms with Crippen molar-refractivity contribution >= 4 is 34.8 Å². The maximum absolute atomic E-state index is 12.3. The summed E-state index contributed by atoms with van der Waals surface area (Å²) in [7, 11) is 2.08. The van der Waals surface area contributed by atoms with Gasteiger partial charge in [-0.3, -0.25) is 4.79 Å². The number of nitrogens with one attached hydrogen (secondary N) is 1. The molecule has 0 aliphatic carbocycles. The van der Waals surface area contributed by atoms with Crippen LogP contribution in [-0.4, -0.2) is 50.8 Å². The second kappa shape index (κ2) is 11.1. The Hall–Kier alpha value is -1.63. The van der Waals surface area contributed by atoms with E-state index in [2.05, 4.69) is 23.3 Å². The van der Waals surface area contributed by atoms with E-state index in [9.17, 15) is 4.79 Å². The molecule has 1 heterocycles. The molecule has 1 aliphatic heterocycles. The predicted molar refractivity (Wildman–Crippen MR) is 122 cm³/mol. The van der Waals surface area contributed by atoms with Crippen LogP contribution in [0.5, 0.6) is 0 Å². The molecular formula is C23H28Cl2N2O3. The average molecular weight is 451 g/mol. The maximum atomic E-state index is 12.3. The number of hydrogen-bond acceptors (Lipinski definition) is 4. The minimum Gasteiger partial charge on any atom is -0.379 e. The molecule has 0 bridgehead atoms. The van der Waals surface area contributed by atoms with Crippen molar-refractivity contribution in [1.29, 1.82) is 0 Å². The van der Waals surface area contributed by atoms with E-state index < -0.39 is 0 Å². The van der Waals surface area contributed by atoms with Gasteiger partial charge in [0.2, 0.25) is 5.91 Å². The fourth-order valence-electron chi connectivity index (χ4n) is 3.72. The summed E-state index contributed by atoms with van der Waals surface area (Å²) in [6.07, 6.45) is 0.302. The van der Waals surface area contributed by atoms with Crippen molar-refractivity contribution in [2.24, 2.45) is 0 Å². The molecule has 7 heteroatoms. The fourth-order valence-corrected chi connectivity index (χ4v) is 4.29. The van der Waals surface area contributed by atoms with Crippen molar-refractivity contribution < 1.29 is 14.3 Å².